The number of rotatable bonds is 13. The van der Waals surface area contributed by atoms with E-state index in [-0.39, 0.29) is 36.4 Å². The highest BCUT2D eigenvalue weighted by atomic mass is 32.2. The minimum absolute atomic E-state index is 0.0329. The molecule has 0 saturated carbocycles. The van der Waals surface area contributed by atoms with E-state index >= 15 is 0 Å². The van der Waals surface area contributed by atoms with E-state index in [2.05, 4.69) is 0 Å². The molecule has 2 aromatic rings. The van der Waals surface area contributed by atoms with Gasteiger partial charge in [0.2, 0.25) is 5.69 Å². The molecule has 48 heavy (non-hydrogen) atoms. The Bertz CT molecular complexity index is 2090. The molecular weight excluding hydrogens is 685 g/mol. The highest BCUT2D eigenvalue weighted by Gasteiger charge is 2.48. The lowest BCUT2D eigenvalue weighted by Gasteiger charge is -2.27. The summed E-state index contributed by atoms with van der Waals surface area (Å²) in [5, 5.41) is 9.90. The summed E-state index contributed by atoms with van der Waals surface area (Å²) in [6, 6.07) is 9.32. The Balaban J connectivity index is 1.73. The van der Waals surface area contributed by atoms with Crippen LogP contribution in [-0.4, -0.2) is 84.9 Å². The lowest BCUT2D eigenvalue weighted by molar-refractivity contribution is -0.437. The number of anilines is 1. The van der Waals surface area contributed by atoms with Crippen molar-refractivity contribution in [2.24, 2.45) is 0 Å². The first-order valence-corrected chi connectivity index (χ1v) is 19.6. The number of allylic oxidation sites excluding steroid dienone is 6. The average molecular weight is 724 g/mol. The molecule has 13 nitrogen and oxygen atoms in total. The lowest BCUT2D eigenvalue weighted by atomic mass is 9.81. The normalized spacial score (nSPS) is 18.3. The zero-order valence-electron chi connectivity index (χ0n) is 26.9. The van der Waals surface area contributed by atoms with Gasteiger partial charge in [0.1, 0.15) is 11.4 Å². The zero-order chi connectivity index (χ0) is 35.9. The maximum Gasteiger partial charge on any atom is 0.336 e. The van der Waals surface area contributed by atoms with Gasteiger partial charge in [-0.15, -0.1) is 0 Å². The number of nitrogens with zero attached hydrogens (tertiary/aromatic N) is 2. The predicted molar refractivity (Wildman–Crippen MR) is 181 cm³/mol. The van der Waals surface area contributed by atoms with Gasteiger partial charge in [-0.3, -0.25) is 13.7 Å². The molecule has 16 heteroatoms. The Morgan fingerprint density at radius 3 is 2.04 bits per heavy atom. The number of benzene rings is 2. The van der Waals surface area contributed by atoms with Crippen molar-refractivity contribution in [1.29, 1.82) is 0 Å². The summed E-state index contributed by atoms with van der Waals surface area (Å²) in [4.78, 5) is 13.7. The van der Waals surface area contributed by atoms with E-state index in [1.807, 2.05) is 18.7 Å². The summed E-state index contributed by atoms with van der Waals surface area (Å²) in [6.07, 6.45) is 8.75. The third-order valence-corrected chi connectivity index (χ3v) is 11.1. The van der Waals surface area contributed by atoms with Gasteiger partial charge >= 0.3 is 5.97 Å². The second-order valence-electron chi connectivity index (χ2n) is 12.6. The molecule has 0 bridgehead atoms. The first-order valence-electron chi connectivity index (χ1n) is 14.9. The van der Waals surface area contributed by atoms with Crippen LogP contribution in [0.1, 0.15) is 62.0 Å². The van der Waals surface area contributed by atoms with Gasteiger partial charge in [-0.1, -0.05) is 44.2 Å². The lowest BCUT2D eigenvalue weighted by Crippen LogP contribution is -2.29. The first-order chi connectivity index (χ1) is 22.1. The Morgan fingerprint density at radius 2 is 1.44 bits per heavy atom. The summed E-state index contributed by atoms with van der Waals surface area (Å²) in [7, 11) is -13.1. The van der Waals surface area contributed by atoms with Crippen molar-refractivity contribution in [3.8, 4) is 0 Å². The summed E-state index contributed by atoms with van der Waals surface area (Å²) < 4.78 is 101. The Morgan fingerprint density at radius 1 is 0.812 bits per heavy atom. The highest BCUT2D eigenvalue weighted by Crippen LogP contribution is 2.49. The van der Waals surface area contributed by atoms with Crippen LogP contribution < -0.4 is 4.90 Å². The molecule has 2 heterocycles. The molecule has 2 aliphatic rings. The van der Waals surface area contributed by atoms with Gasteiger partial charge in [-0.05, 0) is 44.5 Å². The van der Waals surface area contributed by atoms with E-state index in [1.54, 1.807) is 67.0 Å². The van der Waals surface area contributed by atoms with Gasteiger partial charge in [-0.2, -0.15) is 29.8 Å². The molecule has 260 valence electrons. The molecule has 2 aliphatic heterocycles. The van der Waals surface area contributed by atoms with Gasteiger partial charge in [0.05, 0.1) is 28.0 Å². The van der Waals surface area contributed by atoms with E-state index < -0.39 is 58.7 Å². The fourth-order valence-electron chi connectivity index (χ4n) is 6.62. The Kier molecular flexibility index (Phi) is 10.3. The largest absolute Gasteiger partial charge is 0.478 e. The van der Waals surface area contributed by atoms with E-state index in [9.17, 15) is 48.8 Å². The summed E-state index contributed by atoms with van der Waals surface area (Å²) in [5.41, 5.74) is 1.65. The standard InChI is InChI=1S/C32H38N2O11S3/c1-31(2)26(33(18-10-20-46(37,38)39)23-13-8-12-22(28(23)31)30(35)36)16-6-5-7-17-27-32(3,4)29-24(14-9-15-25(29)48(43,44)45)34(27)19-11-21-47(40,41)42/h5-9,12-17H,10-11,18-21H2,1-4H3,(H3-,35,36,37,38,39,40,41,42,43,44,45)/p+1. The molecule has 0 aliphatic carbocycles. The van der Waals surface area contributed by atoms with Crippen molar-refractivity contribution in [2.45, 2.75) is 56.3 Å². The van der Waals surface area contributed by atoms with E-state index in [1.165, 1.54) is 18.2 Å². The monoisotopic (exact) mass is 723 g/mol. The van der Waals surface area contributed by atoms with E-state index in [4.69, 9.17) is 0 Å². The molecular formula is C32H39N2O11S3+. The first kappa shape index (κ1) is 37.2. The minimum Gasteiger partial charge on any atom is -0.478 e. The van der Waals surface area contributed by atoms with Crippen LogP contribution in [0.15, 0.2) is 77.4 Å². The number of hydrogen-bond donors (Lipinski definition) is 4. The van der Waals surface area contributed by atoms with Crippen LogP contribution in [0.5, 0.6) is 0 Å². The van der Waals surface area contributed by atoms with Gasteiger partial charge in [0.25, 0.3) is 30.4 Å². The van der Waals surface area contributed by atoms with Crippen LogP contribution in [0.2, 0.25) is 0 Å². The van der Waals surface area contributed by atoms with Crippen LogP contribution >= 0.6 is 0 Å². The smallest absolute Gasteiger partial charge is 0.336 e. The van der Waals surface area contributed by atoms with Crippen LogP contribution in [-0.2, 0) is 41.2 Å². The van der Waals surface area contributed by atoms with Crippen LogP contribution in [0.4, 0.5) is 11.4 Å². The molecule has 0 atom stereocenters. The van der Waals surface area contributed by atoms with E-state index in [0.29, 0.717) is 33.9 Å². The highest BCUT2D eigenvalue weighted by molar-refractivity contribution is 7.86. The Labute approximate surface area is 280 Å². The summed E-state index contributed by atoms with van der Waals surface area (Å²) in [6.45, 7) is 7.59. The quantitative estimate of drug-likeness (QED) is 0.129. The van der Waals surface area contributed by atoms with Gasteiger partial charge in [-0.25, -0.2) is 4.79 Å². The number of hydrogen-bond acceptors (Lipinski definition) is 8. The third-order valence-electron chi connectivity index (χ3n) is 8.55. The van der Waals surface area contributed by atoms with Crippen molar-refractivity contribution in [2.75, 3.05) is 29.5 Å². The second kappa shape index (κ2) is 13.3. The molecule has 4 rings (SSSR count). The number of aromatic carboxylic acids is 1. The number of carboxylic acids is 1. The number of carbonyl (C=O) groups is 1. The molecule has 0 fully saturated rings. The topological polar surface area (TPSA) is 207 Å². The molecule has 0 saturated heterocycles. The number of carboxylic acid groups (broad SMARTS) is 1. The Hall–Kier alpha value is -3.67. The molecule has 0 spiro atoms. The van der Waals surface area contributed by atoms with Crippen molar-refractivity contribution in [3.63, 3.8) is 0 Å². The minimum atomic E-state index is -4.60. The fraction of sp³-hybridized carbons (Fsp3) is 0.375. The average Bonchev–Trinajstić information content (AvgIpc) is 3.30. The molecule has 0 unspecified atom stereocenters. The van der Waals surface area contributed by atoms with Crippen molar-refractivity contribution in [3.05, 3.63) is 89.2 Å². The van der Waals surface area contributed by atoms with E-state index in [0.717, 1.165) is 0 Å². The van der Waals surface area contributed by atoms with Gasteiger partial charge in [0, 0.05) is 47.5 Å². The second-order valence-corrected chi connectivity index (χ2v) is 17.2. The van der Waals surface area contributed by atoms with Crippen LogP contribution in [0.3, 0.4) is 0 Å². The maximum atomic E-state index is 12.3. The number of fused-ring (bicyclic) bond motifs is 2. The molecule has 4 N–H and O–H groups in total. The zero-order valence-corrected chi connectivity index (χ0v) is 29.3. The van der Waals surface area contributed by atoms with Gasteiger partial charge in [0.15, 0.2) is 5.71 Å². The third kappa shape index (κ3) is 7.79. The maximum absolute atomic E-state index is 12.3. The van der Waals surface area contributed by atoms with Crippen LogP contribution in [0, 0.1) is 0 Å². The molecule has 2 aromatic carbocycles. The molecule has 0 aromatic heterocycles. The van der Waals surface area contributed by atoms with Crippen molar-refractivity contribution >= 4 is 53.4 Å². The summed E-state index contributed by atoms with van der Waals surface area (Å²) >= 11 is 0. The molecule has 0 radical (unpaired) electrons. The SMILES string of the molecule is CC1(C)C(/C=C/C=C/C=C2/N(CCCS(=O)(=O)O)c3cccc(C(=O)O)c3C2(C)C)=[N+](CCCS(=O)(=O)O)c2cccc(S(=O)(=O)O)c21. The van der Waals surface area contributed by atoms with Crippen molar-refractivity contribution < 1.29 is 53.4 Å². The predicted octanol–water partition coefficient (Wildman–Crippen LogP) is 4.36. The molecule has 0 amide bonds. The van der Waals surface area contributed by atoms with Crippen LogP contribution in [0.25, 0.3) is 0 Å². The van der Waals surface area contributed by atoms with Gasteiger partial charge < -0.3 is 10.0 Å². The summed E-state index contributed by atoms with van der Waals surface area (Å²) in [5.74, 6) is -2.09. The van der Waals surface area contributed by atoms with Crippen molar-refractivity contribution in [1.82, 2.24) is 0 Å². The fourth-order valence-corrected chi connectivity index (χ4v) is 8.48.